The molecule has 3 aromatic carbocycles. The number of rotatable bonds is 10. The van der Waals surface area contributed by atoms with Crippen molar-refractivity contribution in [3.05, 3.63) is 113 Å². The maximum atomic E-state index is 5.73. The van der Waals surface area contributed by atoms with Gasteiger partial charge in [-0.2, -0.15) is 0 Å². The van der Waals surface area contributed by atoms with Gasteiger partial charge in [-0.15, -0.1) is 0 Å². The van der Waals surface area contributed by atoms with Gasteiger partial charge in [0.05, 0.1) is 18.5 Å². The molecule has 1 N–H and O–H groups in total. The van der Waals surface area contributed by atoms with E-state index in [0.29, 0.717) is 6.67 Å². The van der Waals surface area contributed by atoms with Crippen LogP contribution in [0.4, 0.5) is 0 Å². The van der Waals surface area contributed by atoms with Crippen molar-refractivity contribution in [3.8, 4) is 11.5 Å². The van der Waals surface area contributed by atoms with Gasteiger partial charge < -0.3 is 14.0 Å². The Kier molecular flexibility index (Phi) is 6.87. The summed E-state index contributed by atoms with van der Waals surface area (Å²) in [5.41, 5.74) is 5.99. The molecule has 1 aliphatic rings. The van der Waals surface area contributed by atoms with E-state index in [-0.39, 0.29) is 6.79 Å². The predicted molar refractivity (Wildman–Crippen MR) is 139 cm³/mol. The second-order valence-corrected chi connectivity index (χ2v) is 9.26. The number of benzene rings is 3. The van der Waals surface area contributed by atoms with Crippen LogP contribution in [0.5, 0.6) is 11.5 Å². The minimum absolute atomic E-state index is 0.278. The Hall–Kier alpha value is -3.57. The molecule has 5 nitrogen and oxygen atoms in total. The summed E-state index contributed by atoms with van der Waals surface area (Å²) in [6, 6.07) is 24.0. The highest BCUT2D eigenvalue weighted by Gasteiger charge is 2.37. The Morgan fingerprint density at radius 3 is 2.57 bits per heavy atom. The van der Waals surface area contributed by atoms with Gasteiger partial charge in [0.1, 0.15) is 0 Å². The molecule has 1 aliphatic heterocycles. The molecular formula is C30H33N3O2. The molecule has 0 aliphatic carbocycles. The molecule has 0 bridgehead atoms. The summed E-state index contributed by atoms with van der Waals surface area (Å²) in [4.78, 5) is 4.26. The van der Waals surface area contributed by atoms with Gasteiger partial charge in [0.25, 0.3) is 0 Å². The Bertz CT molecular complexity index is 1270. The lowest BCUT2D eigenvalue weighted by Crippen LogP contribution is -2.47. The molecule has 1 unspecified atom stereocenters. The minimum Gasteiger partial charge on any atom is -0.454 e. The summed E-state index contributed by atoms with van der Waals surface area (Å²) >= 11 is 0. The smallest absolute Gasteiger partial charge is 0.231 e. The maximum Gasteiger partial charge on any atom is 0.231 e. The lowest BCUT2D eigenvalue weighted by Gasteiger charge is -2.39. The van der Waals surface area contributed by atoms with E-state index in [9.17, 15) is 0 Å². The Morgan fingerprint density at radius 2 is 1.77 bits per heavy atom. The number of aromatic nitrogens is 2. The fourth-order valence-electron chi connectivity index (χ4n) is 5.13. The van der Waals surface area contributed by atoms with Crippen molar-refractivity contribution < 1.29 is 9.47 Å². The first-order chi connectivity index (χ1) is 17.2. The fourth-order valence-corrected chi connectivity index (χ4v) is 5.13. The molecule has 5 rings (SSSR count). The number of nitrogens with one attached hydrogen (secondary N) is 1. The molecule has 2 heterocycles. The van der Waals surface area contributed by atoms with E-state index >= 15 is 0 Å². The van der Waals surface area contributed by atoms with Gasteiger partial charge in [-0.05, 0) is 66.1 Å². The highest BCUT2D eigenvalue weighted by atomic mass is 16.7. The number of aryl methyl sites for hydroxylation is 2. The van der Waals surface area contributed by atoms with Crippen LogP contribution in [0, 0.1) is 6.92 Å². The number of hydrogen-bond donors (Lipinski definition) is 1. The number of imidazole rings is 1. The van der Waals surface area contributed by atoms with Crippen LogP contribution < -0.4 is 14.8 Å². The fraction of sp³-hybridized carbons (Fsp3) is 0.300. The van der Waals surface area contributed by atoms with Crippen molar-refractivity contribution >= 4 is 0 Å². The van der Waals surface area contributed by atoms with Crippen molar-refractivity contribution in [1.82, 2.24) is 14.9 Å². The topological polar surface area (TPSA) is 48.3 Å². The Morgan fingerprint density at radius 1 is 0.971 bits per heavy atom. The van der Waals surface area contributed by atoms with Crippen molar-refractivity contribution in [2.75, 3.05) is 6.79 Å². The van der Waals surface area contributed by atoms with Crippen LogP contribution in [0.2, 0.25) is 0 Å². The van der Waals surface area contributed by atoms with Gasteiger partial charge >= 0.3 is 0 Å². The molecule has 0 spiro atoms. The maximum absolute atomic E-state index is 5.73. The van der Waals surface area contributed by atoms with Gasteiger partial charge in [0.2, 0.25) is 6.79 Å². The molecule has 4 aromatic rings. The molecule has 0 radical (unpaired) electrons. The van der Waals surface area contributed by atoms with E-state index in [1.165, 1.54) is 27.8 Å². The number of ether oxygens (including phenoxy) is 2. The highest BCUT2D eigenvalue weighted by Crippen LogP contribution is 2.40. The van der Waals surface area contributed by atoms with Gasteiger partial charge in [0.15, 0.2) is 11.5 Å². The first kappa shape index (κ1) is 23.2. The predicted octanol–water partition coefficient (Wildman–Crippen LogP) is 6.00. The van der Waals surface area contributed by atoms with E-state index in [2.05, 4.69) is 89.4 Å². The molecule has 5 heteroatoms. The second kappa shape index (κ2) is 10.4. The third-order valence-corrected chi connectivity index (χ3v) is 6.91. The Labute approximate surface area is 207 Å². The van der Waals surface area contributed by atoms with E-state index in [4.69, 9.17) is 9.47 Å². The third kappa shape index (κ3) is 4.82. The molecule has 0 saturated carbocycles. The zero-order chi connectivity index (χ0) is 24.1. The zero-order valence-corrected chi connectivity index (χ0v) is 20.5. The number of unbranched alkanes of at least 4 members (excludes halogenated alkanes) is 1. The SMILES string of the molecule is CCCCc1ccccc1C(Cc1ccc2c(c1)OCO2)(NCn1ccnc1)c1ccccc1C. The summed E-state index contributed by atoms with van der Waals surface area (Å²) in [7, 11) is 0. The zero-order valence-electron chi connectivity index (χ0n) is 20.5. The first-order valence-corrected chi connectivity index (χ1v) is 12.4. The molecule has 0 saturated heterocycles. The summed E-state index contributed by atoms with van der Waals surface area (Å²) in [5.74, 6) is 1.63. The van der Waals surface area contributed by atoms with Crippen LogP contribution in [-0.2, 0) is 25.0 Å². The first-order valence-electron chi connectivity index (χ1n) is 12.4. The summed E-state index contributed by atoms with van der Waals surface area (Å²) in [6.07, 6.45) is 9.83. The summed E-state index contributed by atoms with van der Waals surface area (Å²) < 4.78 is 13.4. The van der Waals surface area contributed by atoms with Gasteiger partial charge in [-0.1, -0.05) is 67.9 Å². The van der Waals surface area contributed by atoms with E-state index in [1.54, 1.807) is 0 Å². The summed E-state index contributed by atoms with van der Waals surface area (Å²) in [6.45, 7) is 5.37. The van der Waals surface area contributed by atoms with E-state index < -0.39 is 5.54 Å². The molecular weight excluding hydrogens is 434 g/mol. The lowest BCUT2D eigenvalue weighted by atomic mass is 9.74. The number of hydrogen-bond acceptors (Lipinski definition) is 4. The van der Waals surface area contributed by atoms with E-state index in [0.717, 1.165) is 37.2 Å². The highest BCUT2D eigenvalue weighted by molar-refractivity contribution is 5.50. The van der Waals surface area contributed by atoms with Crippen LogP contribution in [0.15, 0.2) is 85.5 Å². The van der Waals surface area contributed by atoms with Gasteiger partial charge in [0, 0.05) is 12.4 Å². The minimum atomic E-state index is -0.451. The normalized spacial score (nSPS) is 14.1. The van der Waals surface area contributed by atoms with Crippen molar-refractivity contribution in [2.45, 2.75) is 51.7 Å². The molecule has 1 aromatic heterocycles. The standard InChI is InChI=1S/C30H33N3O2/c1-3-4-10-25-11-6-8-13-27(25)30(26-12-7-5-9-23(26)2,32-21-33-17-16-31-20-33)19-24-14-15-28-29(18-24)35-22-34-28/h5-9,11-18,20,32H,3-4,10,19,21-22H2,1-2H3. The average molecular weight is 468 g/mol. The van der Waals surface area contributed by atoms with Gasteiger partial charge in [-0.25, -0.2) is 4.98 Å². The van der Waals surface area contributed by atoms with Crippen LogP contribution in [-0.4, -0.2) is 16.3 Å². The van der Waals surface area contributed by atoms with E-state index in [1.807, 2.05) is 24.8 Å². The molecule has 180 valence electrons. The molecule has 0 fully saturated rings. The summed E-state index contributed by atoms with van der Waals surface area (Å²) in [5, 5.41) is 3.99. The monoisotopic (exact) mass is 467 g/mol. The lowest BCUT2D eigenvalue weighted by molar-refractivity contribution is 0.174. The second-order valence-electron chi connectivity index (χ2n) is 9.26. The molecule has 0 amide bonds. The molecule has 1 atom stereocenters. The average Bonchev–Trinajstić information content (AvgIpc) is 3.58. The van der Waals surface area contributed by atoms with Crippen LogP contribution in [0.25, 0.3) is 0 Å². The van der Waals surface area contributed by atoms with Crippen molar-refractivity contribution in [2.24, 2.45) is 0 Å². The van der Waals surface area contributed by atoms with Gasteiger partial charge in [-0.3, -0.25) is 5.32 Å². The number of nitrogens with zero attached hydrogens (tertiary/aromatic N) is 2. The molecule has 35 heavy (non-hydrogen) atoms. The third-order valence-electron chi connectivity index (χ3n) is 6.91. The number of fused-ring (bicyclic) bond motifs is 1. The van der Waals surface area contributed by atoms with Crippen LogP contribution in [0.1, 0.15) is 47.6 Å². The Balaban J connectivity index is 1.68. The largest absolute Gasteiger partial charge is 0.454 e. The van der Waals surface area contributed by atoms with Crippen molar-refractivity contribution in [3.63, 3.8) is 0 Å². The van der Waals surface area contributed by atoms with Crippen LogP contribution in [0.3, 0.4) is 0 Å². The van der Waals surface area contributed by atoms with Crippen molar-refractivity contribution in [1.29, 1.82) is 0 Å². The quantitative estimate of drug-likeness (QED) is 0.311. The van der Waals surface area contributed by atoms with Crippen LogP contribution >= 0.6 is 0 Å².